The predicted molar refractivity (Wildman–Crippen MR) is 113 cm³/mol. The number of aromatic hydroxyl groups is 2. The Kier molecular flexibility index (Phi) is 21.1. The van der Waals surface area contributed by atoms with Crippen molar-refractivity contribution in [1.82, 2.24) is 0 Å². The number of phenols is 2. The summed E-state index contributed by atoms with van der Waals surface area (Å²) in [5, 5.41) is 32.0. The van der Waals surface area contributed by atoms with Crippen molar-refractivity contribution in [1.29, 1.82) is 0 Å². The smallest absolute Gasteiger partial charge is 0.191 e. The van der Waals surface area contributed by atoms with E-state index in [0.29, 0.717) is 36.1 Å². The maximum Gasteiger partial charge on any atom is 0.191 e. The number of hydrogen-bond acceptors (Lipinski definition) is 8. The molecule has 2 rings (SSSR count). The SMILES string of the molecule is CCOc1cc(OC)ccc1O.CO.Cl.NO.[C-]#[N+]c1ccc(O)c(OCC)c1. The molecule has 0 fully saturated rings. The monoisotopic (exact) mass is 432 g/mol. The summed E-state index contributed by atoms with van der Waals surface area (Å²) in [7, 11) is 2.57. The molecule has 9 nitrogen and oxygen atoms in total. The first-order valence-corrected chi connectivity index (χ1v) is 8.09. The third-order valence-electron chi connectivity index (χ3n) is 2.84. The molecule has 0 saturated carbocycles. The number of hydrogen-bond donors (Lipinski definition) is 5. The lowest BCUT2D eigenvalue weighted by Gasteiger charge is -2.06. The van der Waals surface area contributed by atoms with E-state index < -0.39 is 0 Å². The molecule has 0 heterocycles. The second-order valence-corrected chi connectivity index (χ2v) is 4.46. The molecule has 0 aromatic heterocycles. The van der Waals surface area contributed by atoms with Crippen molar-refractivity contribution in [3.63, 3.8) is 0 Å². The van der Waals surface area contributed by atoms with Crippen LogP contribution >= 0.6 is 12.4 Å². The zero-order valence-corrected chi connectivity index (χ0v) is 17.6. The fraction of sp³-hybridized carbons (Fsp3) is 0.316. The number of methoxy groups -OCH3 is 1. The normalized spacial score (nSPS) is 8.07. The Hall–Kier alpha value is -2.90. The Morgan fingerprint density at radius 2 is 1.34 bits per heavy atom. The van der Waals surface area contributed by atoms with Crippen molar-refractivity contribution in [2.24, 2.45) is 5.90 Å². The summed E-state index contributed by atoms with van der Waals surface area (Å²) < 4.78 is 15.2. The Labute approximate surface area is 177 Å². The van der Waals surface area contributed by atoms with E-state index in [1.807, 2.05) is 13.8 Å². The van der Waals surface area contributed by atoms with Gasteiger partial charge in [0.25, 0.3) is 0 Å². The van der Waals surface area contributed by atoms with E-state index in [0.717, 1.165) is 7.11 Å². The van der Waals surface area contributed by atoms with E-state index in [9.17, 15) is 10.2 Å². The average molecular weight is 433 g/mol. The van der Waals surface area contributed by atoms with Crippen LogP contribution in [0.5, 0.6) is 28.7 Å². The summed E-state index contributed by atoms with van der Waals surface area (Å²) in [4.78, 5) is 3.21. The third kappa shape index (κ3) is 12.2. The van der Waals surface area contributed by atoms with Gasteiger partial charge in [-0.1, -0.05) is 6.07 Å². The fourth-order valence-corrected chi connectivity index (χ4v) is 1.74. The molecule has 29 heavy (non-hydrogen) atoms. The van der Waals surface area contributed by atoms with Gasteiger partial charge in [-0.15, -0.1) is 12.4 Å². The maximum absolute atomic E-state index is 9.28. The van der Waals surface area contributed by atoms with E-state index in [4.69, 9.17) is 31.1 Å². The molecule has 164 valence electrons. The van der Waals surface area contributed by atoms with E-state index in [-0.39, 0.29) is 23.9 Å². The fourth-order valence-electron chi connectivity index (χ4n) is 1.74. The van der Waals surface area contributed by atoms with Crippen LogP contribution in [0.4, 0.5) is 5.69 Å². The maximum atomic E-state index is 9.28. The van der Waals surface area contributed by atoms with Crippen molar-refractivity contribution >= 4 is 18.1 Å². The molecule has 0 aliphatic carbocycles. The largest absolute Gasteiger partial charge is 0.504 e. The molecule has 0 saturated heterocycles. The van der Waals surface area contributed by atoms with E-state index in [1.165, 1.54) is 12.1 Å². The first kappa shape index (κ1) is 30.8. The van der Waals surface area contributed by atoms with Crippen LogP contribution in [0.2, 0.25) is 0 Å². The molecule has 0 aliphatic rings. The van der Waals surface area contributed by atoms with Gasteiger partial charge in [0, 0.05) is 13.2 Å². The van der Waals surface area contributed by atoms with Crippen LogP contribution in [0.25, 0.3) is 4.85 Å². The van der Waals surface area contributed by atoms with Gasteiger partial charge in [-0.2, -0.15) is 0 Å². The standard InChI is InChI=1S/C9H9NO2.C9H12O3.CH4O.ClH.H3NO/c1-3-12-9-6-7(10-2)4-5-8(9)11;1-3-12-9-6-7(11-2)4-5-8(9)10;1-2;;1-2/h4-6,11H,3H2,1H3;4-6,10H,3H2,1-2H3;2H,1H3;1H;2H,1H2. The average Bonchev–Trinajstić information content (AvgIpc) is 2.75. The minimum atomic E-state index is 0. The van der Waals surface area contributed by atoms with Gasteiger partial charge in [0.15, 0.2) is 28.7 Å². The van der Waals surface area contributed by atoms with Crippen LogP contribution in [0.1, 0.15) is 13.8 Å². The molecule has 0 radical (unpaired) electrons. The highest BCUT2D eigenvalue weighted by molar-refractivity contribution is 5.85. The second-order valence-electron chi connectivity index (χ2n) is 4.46. The van der Waals surface area contributed by atoms with E-state index >= 15 is 0 Å². The Morgan fingerprint density at radius 1 is 0.897 bits per heavy atom. The lowest BCUT2D eigenvalue weighted by Crippen LogP contribution is -1.92. The van der Waals surface area contributed by atoms with Gasteiger partial charge in [0.2, 0.25) is 0 Å². The van der Waals surface area contributed by atoms with Crippen molar-refractivity contribution in [2.75, 3.05) is 27.4 Å². The number of halogens is 1. The third-order valence-corrected chi connectivity index (χ3v) is 2.84. The number of aliphatic hydroxyl groups is 1. The van der Waals surface area contributed by atoms with Crippen molar-refractivity contribution < 1.29 is 34.7 Å². The van der Waals surface area contributed by atoms with Gasteiger partial charge < -0.3 is 34.7 Å². The van der Waals surface area contributed by atoms with Gasteiger partial charge >= 0.3 is 0 Å². The number of rotatable bonds is 5. The van der Waals surface area contributed by atoms with Crippen LogP contribution in [0.3, 0.4) is 0 Å². The Morgan fingerprint density at radius 3 is 1.76 bits per heavy atom. The molecule has 0 bridgehead atoms. The summed E-state index contributed by atoms with van der Waals surface area (Å²) in [5.41, 5.74) is 0.469. The zero-order chi connectivity index (χ0) is 21.9. The summed E-state index contributed by atoms with van der Waals surface area (Å²) in [6.45, 7) is 11.4. The molecular formula is C19H29ClN2O7. The molecular weight excluding hydrogens is 404 g/mol. The quantitative estimate of drug-likeness (QED) is 0.357. The number of nitrogens with two attached hydrogens (primary N) is 1. The minimum Gasteiger partial charge on any atom is -0.504 e. The molecule has 6 N–H and O–H groups in total. The lowest BCUT2D eigenvalue weighted by molar-refractivity contribution is 0.311. The highest BCUT2D eigenvalue weighted by Gasteiger charge is 2.03. The highest BCUT2D eigenvalue weighted by Crippen LogP contribution is 2.30. The van der Waals surface area contributed by atoms with Crippen LogP contribution in [-0.4, -0.2) is 48.0 Å². The van der Waals surface area contributed by atoms with Crippen molar-refractivity contribution in [3.05, 3.63) is 47.8 Å². The topological polar surface area (TPSA) is 139 Å². The molecule has 0 spiro atoms. The molecule has 10 heteroatoms. The Bertz CT molecular complexity index is 709. The molecule has 0 unspecified atom stereocenters. The number of nitrogens with zero attached hydrogens (tertiary/aromatic N) is 1. The summed E-state index contributed by atoms with van der Waals surface area (Å²) in [5.74, 6) is 5.21. The first-order chi connectivity index (χ1) is 13.5. The van der Waals surface area contributed by atoms with Gasteiger partial charge in [0.1, 0.15) is 5.75 Å². The van der Waals surface area contributed by atoms with E-state index in [1.54, 1.807) is 31.4 Å². The number of benzene rings is 2. The molecule has 2 aromatic rings. The molecule has 0 atom stereocenters. The van der Waals surface area contributed by atoms with Gasteiger partial charge in [-0.25, -0.2) is 10.7 Å². The summed E-state index contributed by atoms with van der Waals surface area (Å²) in [6.07, 6.45) is 0. The number of phenolic OH excluding ortho intramolecular Hbond substituents is 2. The molecule has 0 aliphatic heterocycles. The van der Waals surface area contributed by atoms with Crippen LogP contribution in [0.15, 0.2) is 36.4 Å². The predicted octanol–water partition coefficient (Wildman–Crippen LogP) is 3.51. The number of ether oxygens (including phenoxy) is 3. The minimum absolute atomic E-state index is 0. The second kappa shape index (κ2) is 19.9. The van der Waals surface area contributed by atoms with Crippen LogP contribution in [0, 0.1) is 6.57 Å². The van der Waals surface area contributed by atoms with Gasteiger partial charge in [0.05, 0.1) is 26.9 Å². The lowest BCUT2D eigenvalue weighted by atomic mass is 10.3. The van der Waals surface area contributed by atoms with Gasteiger partial charge in [-0.05, 0) is 38.1 Å². The Balaban J connectivity index is -0.000000386. The van der Waals surface area contributed by atoms with E-state index in [2.05, 4.69) is 10.7 Å². The van der Waals surface area contributed by atoms with Crippen LogP contribution < -0.4 is 20.1 Å². The first-order valence-electron chi connectivity index (χ1n) is 8.09. The summed E-state index contributed by atoms with van der Waals surface area (Å²) >= 11 is 0. The number of aliphatic hydroxyl groups excluding tert-OH is 1. The molecule has 0 amide bonds. The highest BCUT2D eigenvalue weighted by atomic mass is 35.5. The van der Waals surface area contributed by atoms with Crippen LogP contribution in [-0.2, 0) is 0 Å². The van der Waals surface area contributed by atoms with Crippen molar-refractivity contribution in [2.45, 2.75) is 13.8 Å². The van der Waals surface area contributed by atoms with Crippen molar-refractivity contribution in [3.8, 4) is 28.7 Å². The zero-order valence-electron chi connectivity index (χ0n) is 16.8. The summed E-state index contributed by atoms with van der Waals surface area (Å²) in [6, 6.07) is 9.40. The van der Waals surface area contributed by atoms with Gasteiger partial charge in [-0.3, -0.25) is 0 Å². The molecule has 2 aromatic carbocycles.